The molecule has 20 heavy (non-hydrogen) atoms. The molecule has 0 bridgehead atoms. The summed E-state index contributed by atoms with van der Waals surface area (Å²) in [5.74, 6) is -0.0255. The van der Waals surface area contributed by atoms with E-state index in [1.807, 2.05) is 6.92 Å². The van der Waals surface area contributed by atoms with Crippen molar-refractivity contribution in [3.63, 3.8) is 0 Å². The minimum atomic E-state index is -0.226. The number of hydrogen-bond donors (Lipinski definition) is 2. The molecule has 0 saturated heterocycles. The van der Waals surface area contributed by atoms with Crippen molar-refractivity contribution in [3.8, 4) is 0 Å². The lowest BCUT2D eigenvalue weighted by Gasteiger charge is -2.09. The van der Waals surface area contributed by atoms with Gasteiger partial charge >= 0.3 is 0 Å². The minimum Gasteiger partial charge on any atom is -0.399 e. The molecule has 106 valence electrons. The molecule has 1 amide bonds. The molecule has 0 saturated carbocycles. The molecule has 2 rings (SSSR count). The van der Waals surface area contributed by atoms with E-state index >= 15 is 0 Å². The van der Waals surface area contributed by atoms with Crippen LogP contribution in [0.5, 0.6) is 0 Å². The predicted molar refractivity (Wildman–Crippen MR) is 84.9 cm³/mol. The number of anilines is 2. The summed E-state index contributed by atoms with van der Waals surface area (Å²) < 4.78 is 0.743. The molecule has 0 unspecified atom stereocenters. The number of hydrogen-bond acceptors (Lipinski definition) is 6. The summed E-state index contributed by atoms with van der Waals surface area (Å²) in [6.07, 6.45) is 0. The topological polar surface area (TPSA) is 80.9 Å². The Kier molecular flexibility index (Phi) is 5.09. The van der Waals surface area contributed by atoms with Crippen molar-refractivity contribution in [2.75, 3.05) is 16.8 Å². The zero-order valence-electron chi connectivity index (χ0n) is 10.3. The highest BCUT2D eigenvalue weighted by Crippen LogP contribution is 2.33. The maximum Gasteiger partial charge on any atom is 0.234 e. The number of nitrogens with two attached hydrogens (primary N) is 1. The number of benzene rings is 1. The molecule has 0 atom stereocenters. The Balaban J connectivity index is 1.98. The van der Waals surface area contributed by atoms with Gasteiger partial charge in [-0.2, -0.15) is 0 Å². The van der Waals surface area contributed by atoms with E-state index in [9.17, 15) is 4.79 Å². The molecule has 9 heteroatoms. The standard InChI is InChI=1S/C11H10Cl2N4OS2/c1-5-16-17-11(20-5)19-4-9(18)15-10-7(12)2-6(14)3-8(10)13/h2-3H,4,14H2,1H3,(H,15,18). The number of rotatable bonds is 4. The maximum atomic E-state index is 11.9. The molecular formula is C11H10Cl2N4OS2. The van der Waals surface area contributed by atoms with Gasteiger partial charge in [0.15, 0.2) is 4.34 Å². The normalized spacial score (nSPS) is 10.6. The first kappa shape index (κ1) is 15.4. The number of halogens is 2. The number of aromatic nitrogens is 2. The first-order chi connectivity index (χ1) is 9.45. The van der Waals surface area contributed by atoms with Crippen molar-refractivity contribution in [2.24, 2.45) is 0 Å². The van der Waals surface area contributed by atoms with Crippen LogP contribution in [0.15, 0.2) is 16.5 Å². The quantitative estimate of drug-likeness (QED) is 0.653. The van der Waals surface area contributed by atoms with Crippen LogP contribution >= 0.6 is 46.3 Å². The van der Waals surface area contributed by atoms with Crippen LogP contribution in [0.25, 0.3) is 0 Å². The molecule has 1 aromatic heterocycles. The van der Waals surface area contributed by atoms with Crippen molar-refractivity contribution in [1.29, 1.82) is 0 Å². The summed E-state index contributed by atoms with van der Waals surface area (Å²) in [6, 6.07) is 3.06. The second-order valence-corrected chi connectivity index (χ2v) is 7.00. The van der Waals surface area contributed by atoms with Gasteiger partial charge in [0, 0.05) is 5.69 Å². The van der Waals surface area contributed by atoms with Gasteiger partial charge in [0.05, 0.1) is 21.5 Å². The van der Waals surface area contributed by atoms with Gasteiger partial charge in [-0.1, -0.05) is 46.3 Å². The van der Waals surface area contributed by atoms with Gasteiger partial charge in [-0.3, -0.25) is 4.79 Å². The summed E-state index contributed by atoms with van der Waals surface area (Å²) in [5.41, 5.74) is 6.40. The lowest BCUT2D eigenvalue weighted by molar-refractivity contribution is -0.113. The smallest absolute Gasteiger partial charge is 0.234 e. The number of nitrogens with one attached hydrogen (secondary N) is 1. The number of aryl methyl sites for hydroxylation is 1. The molecule has 2 aromatic rings. The number of carbonyl (C=O) groups is 1. The van der Waals surface area contributed by atoms with E-state index in [1.54, 1.807) is 0 Å². The number of amides is 1. The average molecular weight is 349 g/mol. The molecular weight excluding hydrogens is 339 g/mol. The Morgan fingerprint density at radius 3 is 2.60 bits per heavy atom. The van der Waals surface area contributed by atoms with Crippen molar-refractivity contribution in [2.45, 2.75) is 11.3 Å². The second-order valence-electron chi connectivity index (χ2n) is 3.78. The van der Waals surface area contributed by atoms with Crippen LogP contribution in [0, 0.1) is 6.92 Å². The summed E-state index contributed by atoms with van der Waals surface area (Å²) in [6.45, 7) is 1.86. The van der Waals surface area contributed by atoms with Gasteiger partial charge in [0.2, 0.25) is 5.91 Å². The fourth-order valence-electron chi connectivity index (χ4n) is 1.35. The molecule has 0 aliphatic carbocycles. The molecule has 5 nitrogen and oxygen atoms in total. The van der Waals surface area contributed by atoms with Crippen LogP contribution in [-0.4, -0.2) is 21.9 Å². The third kappa shape index (κ3) is 3.99. The second kappa shape index (κ2) is 6.62. The van der Waals surface area contributed by atoms with E-state index in [1.165, 1.54) is 35.2 Å². The van der Waals surface area contributed by atoms with Crippen LogP contribution < -0.4 is 11.1 Å². The van der Waals surface area contributed by atoms with Gasteiger partial charge < -0.3 is 11.1 Å². The minimum absolute atomic E-state index is 0.200. The van der Waals surface area contributed by atoms with E-state index in [0.717, 1.165) is 9.35 Å². The molecule has 0 spiro atoms. The number of carbonyl (C=O) groups excluding carboxylic acids is 1. The van der Waals surface area contributed by atoms with Gasteiger partial charge in [-0.15, -0.1) is 10.2 Å². The van der Waals surface area contributed by atoms with Crippen molar-refractivity contribution < 1.29 is 4.79 Å². The molecule has 0 fully saturated rings. The summed E-state index contributed by atoms with van der Waals surface area (Å²) in [4.78, 5) is 11.9. The average Bonchev–Trinajstić information content (AvgIpc) is 2.77. The van der Waals surface area contributed by atoms with Gasteiger partial charge in [0.25, 0.3) is 0 Å². The van der Waals surface area contributed by atoms with Crippen LogP contribution in [0.4, 0.5) is 11.4 Å². The Labute approximate surface area is 133 Å². The molecule has 1 heterocycles. The molecule has 0 aliphatic rings. The lowest BCUT2D eigenvalue weighted by Crippen LogP contribution is -2.14. The Morgan fingerprint density at radius 2 is 2.05 bits per heavy atom. The monoisotopic (exact) mass is 348 g/mol. The first-order valence-corrected chi connectivity index (χ1v) is 7.99. The van der Waals surface area contributed by atoms with Crippen LogP contribution in [0.3, 0.4) is 0 Å². The number of nitrogen functional groups attached to an aromatic ring is 1. The Hall–Kier alpha value is -1.02. The highest BCUT2D eigenvalue weighted by molar-refractivity contribution is 8.01. The SMILES string of the molecule is Cc1nnc(SCC(=O)Nc2c(Cl)cc(N)cc2Cl)s1. The third-order valence-electron chi connectivity index (χ3n) is 2.16. The van der Waals surface area contributed by atoms with Crippen LogP contribution in [-0.2, 0) is 4.79 Å². The van der Waals surface area contributed by atoms with Crippen molar-refractivity contribution >= 4 is 63.6 Å². The summed E-state index contributed by atoms with van der Waals surface area (Å²) in [5, 5.41) is 11.9. The zero-order valence-corrected chi connectivity index (χ0v) is 13.5. The highest BCUT2D eigenvalue weighted by Gasteiger charge is 2.12. The third-order valence-corrected chi connectivity index (χ3v) is 4.73. The largest absolute Gasteiger partial charge is 0.399 e. The molecule has 1 aromatic carbocycles. The van der Waals surface area contributed by atoms with Gasteiger partial charge in [-0.05, 0) is 19.1 Å². The number of nitrogens with zero attached hydrogens (tertiary/aromatic N) is 2. The van der Waals surface area contributed by atoms with Gasteiger partial charge in [0.1, 0.15) is 5.01 Å². The fraction of sp³-hybridized carbons (Fsp3) is 0.182. The molecule has 0 radical (unpaired) electrons. The Bertz CT molecular complexity index is 624. The lowest BCUT2D eigenvalue weighted by atomic mass is 10.3. The molecule has 0 aliphatic heterocycles. The van der Waals surface area contributed by atoms with Gasteiger partial charge in [-0.25, -0.2) is 0 Å². The van der Waals surface area contributed by atoms with E-state index < -0.39 is 0 Å². The number of thioether (sulfide) groups is 1. The maximum absolute atomic E-state index is 11.9. The highest BCUT2D eigenvalue weighted by atomic mass is 35.5. The van der Waals surface area contributed by atoms with E-state index in [4.69, 9.17) is 28.9 Å². The van der Waals surface area contributed by atoms with Crippen LogP contribution in [0.2, 0.25) is 10.0 Å². The van der Waals surface area contributed by atoms with E-state index in [-0.39, 0.29) is 11.7 Å². The first-order valence-electron chi connectivity index (χ1n) is 5.43. The summed E-state index contributed by atoms with van der Waals surface area (Å²) in [7, 11) is 0. The zero-order chi connectivity index (χ0) is 14.7. The van der Waals surface area contributed by atoms with Crippen LogP contribution in [0.1, 0.15) is 5.01 Å². The van der Waals surface area contributed by atoms with Crippen molar-refractivity contribution in [3.05, 3.63) is 27.2 Å². The van der Waals surface area contributed by atoms with Crippen molar-refractivity contribution in [1.82, 2.24) is 10.2 Å². The van der Waals surface area contributed by atoms with E-state index in [0.29, 0.717) is 21.4 Å². The Morgan fingerprint density at radius 1 is 1.40 bits per heavy atom. The molecule has 3 N–H and O–H groups in total. The van der Waals surface area contributed by atoms with E-state index in [2.05, 4.69) is 15.5 Å². The predicted octanol–water partition coefficient (Wildman–Crippen LogP) is 3.47. The summed E-state index contributed by atoms with van der Waals surface area (Å²) >= 11 is 14.7. The fourth-order valence-corrected chi connectivity index (χ4v) is 3.57.